The molecule has 0 unspecified atom stereocenters. The van der Waals surface area contributed by atoms with Gasteiger partial charge in [0.05, 0.1) is 35.2 Å². The molecule has 0 N–H and O–H groups in total. The summed E-state index contributed by atoms with van der Waals surface area (Å²) in [7, 11) is 0. The minimum Gasteiger partial charge on any atom is -0.369 e. The monoisotopic (exact) mass is 400 g/mol. The maximum Gasteiger partial charge on any atom is 0.261 e. The summed E-state index contributed by atoms with van der Waals surface area (Å²) >= 11 is 0. The molecule has 3 heterocycles. The lowest BCUT2D eigenvalue weighted by atomic mass is 10.2. The van der Waals surface area contributed by atoms with Crippen LogP contribution in [0.5, 0.6) is 0 Å². The fourth-order valence-corrected chi connectivity index (χ4v) is 3.61. The Bertz CT molecular complexity index is 1060. The first-order valence-corrected chi connectivity index (χ1v) is 9.52. The summed E-state index contributed by atoms with van der Waals surface area (Å²) in [6.07, 6.45) is 2.15. The standard InChI is InChI=1S/C20H22F2N6O/c1-14-9-23-10-15(25-14)11-26-4-6-27(7-5-26)16-2-3-17-18(8-16)24-13-28(20(17)29)12-19(21)22/h2-3,8-10,13,19H,4-7,11-12H2,1H3. The van der Waals surface area contributed by atoms with Crippen LogP contribution in [0.15, 0.2) is 41.7 Å². The molecule has 152 valence electrons. The third-order valence-electron chi connectivity index (χ3n) is 5.07. The van der Waals surface area contributed by atoms with Gasteiger partial charge < -0.3 is 4.90 Å². The Kier molecular flexibility index (Phi) is 5.48. The van der Waals surface area contributed by atoms with Gasteiger partial charge in [0.15, 0.2) is 0 Å². The zero-order valence-corrected chi connectivity index (χ0v) is 16.1. The molecule has 7 nitrogen and oxygen atoms in total. The highest BCUT2D eigenvalue weighted by molar-refractivity contribution is 5.81. The number of hydrogen-bond donors (Lipinski definition) is 0. The molecule has 4 rings (SSSR count). The molecule has 9 heteroatoms. The highest BCUT2D eigenvalue weighted by Crippen LogP contribution is 2.21. The van der Waals surface area contributed by atoms with Gasteiger partial charge in [0.1, 0.15) is 0 Å². The summed E-state index contributed by atoms with van der Waals surface area (Å²) in [6.45, 7) is 5.52. The molecule has 1 aromatic carbocycles. The van der Waals surface area contributed by atoms with E-state index in [1.54, 1.807) is 18.5 Å². The molecule has 1 aliphatic rings. The van der Waals surface area contributed by atoms with Crippen molar-refractivity contribution in [3.8, 4) is 0 Å². The number of anilines is 1. The molecule has 0 bridgehead atoms. The molecule has 0 saturated carbocycles. The van der Waals surface area contributed by atoms with Crippen LogP contribution in [-0.4, -0.2) is 57.0 Å². The normalized spacial score (nSPS) is 15.4. The number of benzene rings is 1. The average molecular weight is 400 g/mol. The molecule has 0 aliphatic carbocycles. The number of piperazine rings is 1. The van der Waals surface area contributed by atoms with Gasteiger partial charge in [-0.2, -0.15) is 0 Å². The quantitative estimate of drug-likeness (QED) is 0.653. The summed E-state index contributed by atoms with van der Waals surface area (Å²) < 4.78 is 26.1. The van der Waals surface area contributed by atoms with Crippen molar-refractivity contribution in [3.63, 3.8) is 0 Å². The van der Waals surface area contributed by atoms with Gasteiger partial charge in [-0.1, -0.05) is 0 Å². The van der Waals surface area contributed by atoms with Crippen LogP contribution in [0.25, 0.3) is 10.9 Å². The Labute approximate surface area is 166 Å². The minimum absolute atomic E-state index is 0.355. The number of aromatic nitrogens is 4. The summed E-state index contributed by atoms with van der Waals surface area (Å²) in [4.78, 5) is 29.8. The van der Waals surface area contributed by atoms with E-state index in [0.29, 0.717) is 10.9 Å². The molecule has 3 aromatic rings. The van der Waals surface area contributed by atoms with Gasteiger partial charge in [0.25, 0.3) is 12.0 Å². The fraction of sp³-hybridized carbons (Fsp3) is 0.400. The van der Waals surface area contributed by atoms with E-state index in [9.17, 15) is 13.6 Å². The maximum absolute atomic E-state index is 12.6. The van der Waals surface area contributed by atoms with E-state index in [1.807, 2.05) is 19.1 Å². The van der Waals surface area contributed by atoms with E-state index >= 15 is 0 Å². The van der Waals surface area contributed by atoms with E-state index in [-0.39, 0.29) is 0 Å². The van der Waals surface area contributed by atoms with Crippen molar-refractivity contribution in [1.82, 2.24) is 24.4 Å². The number of alkyl halides is 2. The van der Waals surface area contributed by atoms with Gasteiger partial charge in [-0.05, 0) is 25.1 Å². The summed E-state index contributed by atoms with van der Waals surface area (Å²) in [6, 6.07) is 5.39. The average Bonchev–Trinajstić information content (AvgIpc) is 2.70. The van der Waals surface area contributed by atoms with Gasteiger partial charge in [-0.25, -0.2) is 13.8 Å². The smallest absolute Gasteiger partial charge is 0.261 e. The second-order valence-electron chi connectivity index (χ2n) is 7.21. The molecule has 0 spiro atoms. The van der Waals surface area contributed by atoms with Crippen LogP contribution >= 0.6 is 0 Å². The third kappa shape index (κ3) is 4.40. The Morgan fingerprint density at radius 3 is 2.66 bits per heavy atom. The van der Waals surface area contributed by atoms with Crippen molar-refractivity contribution in [2.45, 2.75) is 26.4 Å². The van der Waals surface area contributed by atoms with Gasteiger partial charge in [-0.15, -0.1) is 0 Å². The minimum atomic E-state index is -2.59. The molecule has 2 aromatic heterocycles. The molecule has 1 fully saturated rings. The molecule has 0 radical (unpaired) electrons. The van der Waals surface area contributed by atoms with Crippen LogP contribution in [0.2, 0.25) is 0 Å². The number of nitrogens with zero attached hydrogens (tertiary/aromatic N) is 6. The highest BCUT2D eigenvalue weighted by atomic mass is 19.3. The molecular weight excluding hydrogens is 378 g/mol. The van der Waals surface area contributed by atoms with Crippen molar-refractivity contribution in [2.24, 2.45) is 0 Å². The Morgan fingerprint density at radius 1 is 1.14 bits per heavy atom. The van der Waals surface area contributed by atoms with E-state index in [2.05, 4.69) is 24.8 Å². The van der Waals surface area contributed by atoms with Crippen LogP contribution in [-0.2, 0) is 13.1 Å². The maximum atomic E-state index is 12.6. The van der Waals surface area contributed by atoms with Crippen LogP contribution in [0.3, 0.4) is 0 Å². The van der Waals surface area contributed by atoms with E-state index in [1.165, 1.54) is 6.33 Å². The third-order valence-corrected chi connectivity index (χ3v) is 5.07. The zero-order chi connectivity index (χ0) is 20.4. The molecular formula is C20H22F2N6O. The van der Waals surface area contributed by atoms with Gasteiger partial charge in [0.2, 0.25) is 0 Å². The second-order valence-corrected chi connectivity index (χ2v) is 7.21. The van der Waals surface area contributed by atoms with E-state index < -0.39 is 18.5 Å². The van der Waals surface area contributed by atoms with E-state index in [0.717, 1.165) is 54.4 Å². The van der Waals surface area contributed by atoms with Crippen molar-refractivity contribution in [3.05, 3.63) is 58.7 Å². The predicted molar refractivity (Wildman–Crippen MR) is 106 cm³/mol. The van der Waals surface area contributed by atoms with Crippen LogP contribution in [0, 0.1) is 6.92 Å². The first-order chi connectivity index (χ1) is 14.0. The lowest BCUT2D eigenvalue weighted by molar-refractivity contribution is 0.125. The molecule has 1 saturated heterocycles. The van der Waals surface area contributed by atoms with E-state index in [4.69, 9.17) is 0 Å². The Morgan fingerprint density at radius 2 is 1.93 bits per heavy atom. The van der Waals surface area contributed by atoms with Crippen molar-refractivity contribution >= 4 is 16.6 Å². The Balaban J connectivity index is 1.45. The van der Waals surface area contributed by atoms with Gasteiger partial charge in [-0.3, -0.25) is 24.2 Å². The SMILES string of the molecule is Cc1cncc(CN2CCN(c3ccc4c(=O)n(CC(F)F)cnc4c3)CC2)n1. The first-order valence-electron chi connectivity index (χ1n) is 9.52. The summed E-state index contributed by atoms with van der Waals surface area (Å²) in [5.74, 6) is 0. The fourth-order valence-electron chi connectivity index (χ4n) is 3.61. The Hall–Kier alpha value is -2.94. The molecule has 1 aliphatic heterocycles. The molecule has 29 heavy (non-hydrogen) atoms. The highest BCUT2D eigenvalue weighted by Gasteiger charge is 2.19. The van der Waals surface area contributed by atoms with Crippen LogP contribution in [0.1, 0.15) is 11.4 Å². The lowest BCUT2D eigenvalue weighted by Gasteiger charge is -2.36. The summed E-state index contributed by atoms with van der Waals surface area (Å²) in [5.41, 5.74) is 2.94. The van der Waals surface area contributed by atoms with Gasteiger partial charge in [0, 0.05) is 50.8 Å². The van der Waals surface area contributed by atoms with Crippen molar-refractivity contribution < 1.29 is 8.78 Å². The van der Waals surface area contributed by atoms with Crippen LogP contribution < -0.4 is 10.5 Å². The zero-order valence-electron chi connectivity index (χ0n) is 16.1. The number of halogens is 2. The first kappa shape index (κ1) is 19.4. The van der Waals surface area contributed by atoms with Gasteiger partial charge >= 0.3 is 0 Å². The molecule has 0 atom stereocenters. The van der Waals surface area contributed by atoms with Crippen molar-refractivity contribution in [1.29, 1.82) is 0 Å². The lowest BCUT2D eigenvalue weighted by Crippen LogP contribution is -2.46. The number of aryl methyl sites for hydroxylation is 1. The van der Waals surface area contributed by atoms with Crippen molar-refractivity contribution in [2.75, 3.05) is 31.1 Å². The van der Waals surface area contributed by atoms with Crippen LogP contribution in [0.4, 0.5) is 14.5 Å². The summed E-state index contributed by atoms with van der Waals surface area (Å²) in [5, 5.41) is 0.355. The largest absolute Gasteiger partial charge is 0.369 e. The number of rotatable bonds is 5. The number of hydrogen-bond acceptors (Lipinski definition) is 6. The topological polar surface area (TPSA) is 67.2 Å². The second kappa shape index (κ2) is 8.20. The number of fused-ring (bicyclic) bond motifs is 1. The molecule has 0 amide bonds. The predicted octanol–water partition coefficient (Wildman–Crippen LogP) is 2.08.